The number of amides is 2. The standard InChI is InChI=1S/C11H9ClF2N2O4/c1-5(17)15-16-10(18)4-20-11(19)6-2-8(13)9(14)3-7(6)12/h2-3H,4H2,1H3,(H,15,17)(H,16,18). The second-order valence-electron chi connectivity index (χ2n) is 3.55. The summed E-state index contributed by atoms with van der Waals surface area (Å²) >= 11 is 5.55. The molecule has 0 fully saturated rings. The Hall–Kier alpha value is -2.22. The summed E-state index contributed by atoms with van der Waals surface area (Å²) in [6, 6.07) is 1.18. The fraction of sp³-hybridized carbons (Fsp3) is 0.182. The Morgan fingerprint density at radius 1 is 1.20 bits per heavy atom. The van der Waals surface area contributed by atoms with E-state index in [9.17, 15) is 23.2 Å². The summed E-state index contributed by atoms with van der Waals surface area (Å²) in [6.07, 6.45) is 0. The molecule has 0 aliphatic heterocycles. The molecule has 0 heterocycles. The van der Waals surface area contributed by atoms with Gasteiger partial charge in [0.25, 0.3) is 5.91 Å². The van der Waals surface area contributed by atoms with E-state index >= 15 is 0 Å². The topological polar surface area (TPSA) is 84.5 Å². The molecule has 0 saturated heterocycles. The van der Waals surface area contributed by atoms with Crippen LogP contribution in [0.4, 0.5) is 8.78 Å². The lowest BCUT2D eigenvalue weighted by atomic mass is 10.2. The molecule has 20 heavy (non-hydrogen) atoms. The van der Waals surface area contributed by atoms with E-state index in [1.807, 2.05) is 10.9 Å². The predicted octanol–water partition coefficient (Wildman–Crippen LogP) is 0.942. The van der Waals surface area contributed by atoms with Crippen molar-refractivity contribution in [1.82, 2.24) is 10.9 Å². The molecule has 2 N–H and O–H groups in total. The summed E-state index contributed by atoms with van der Waals surface area (Å²) < 4.78 is 30.3. The van der Waals surface area contributed by atoms with Crippen LogP contribution in [0.5, 0.6) is 0 Å². The molecule has 1 rings (SSSR count). The SMILES string of the molecule is CC(=O)NNC(=O)COC(=O)c1cc(F)c(F)cc1Cl. The molecule has 6 nitrogen and oxygen atoms in total. The van der Waals surface area contributed by atoms with Gasteiger partial charge in [-0.1, -0.05) is 11.6 Å². The van der Waals surface area contributed by atoms with E-state index in [2.05, 4.69) is 4.74 Å². The van der Waals surface area contributed by atoms with Gasteiger partial charge >= 0.3 is 5.97 Å². The van der Waals surface area contributed by atoms with Gasteiger partial charge in [0.05, 0.1) is 10.6 Å². The molecule has 1 aromatic rings. The summed E-state index contributed by atoms with van der Waals surface area (Å²) in [7, 11) is 0. The van der Waals surface area contributed by atoms with Crippen LogP contribution in [-0.4, -0.2) is 24.4 Å². The highest BCUT2D eigenvalue weighted by Gasteiger charge is 2.17. The number of carbonyl (C=O) groups excluding carboxylic acids is 3. The van der Waals surface area contributed by atoms with Crippen molar-refractivity contribution in [3.63, 3.8) is 0 Å². The van der Waals surface area contributed by atoms with E-state index in [1.165, 1.54) is 0 Å². The van der Waals surface area contributed by atoms with Gasteiger partial charge in [-0.05, 0) is 12.1 Å². The number of halogens is 3. The first-order chi connectivity index (χ1) is 9.31. The van der Waals surface area contributed by atoms with Crippen molar-refractivity contribution in [3.05, 3.63) is 34.4 Å². The van der Waals surface area contributed by atoms with Crippen molar-refractivity contribution < 1.29 is 27.9 Å². The van der Waals surface area contributed by atoms with Crippen molar-refractivity contribution >= 4 is 29.4 Å². The fourth-order valence-corrected chi connectivity index (χ4v) is 1.31. The Kier molecular flexibility index (Phi) is 5.39. The first kappa shape index (κ1) is 15.8. The zero-order valence-electron chi connectivity index (χ0n) is 10.1. The fourth-order valence-electron chi connectivity index (χ4n) is 1.08. The number of hydrazine groups is 1. The molecule has 0 saturated carbocycles. The zero-order valence-corrected chi connectivity index (χ0v) is 10.9. The average molecular weight is 307 g/mol. The zero-order chi connectivity index (χ0) is 15.3. The normalized spacial score (nSPS) is 9.80. The lowest BCUT2D eigenvalue weighted by Gasteiger charge is -2.07. The highest BCUT2D eigenvalue weighted by atomic mass is 35.5. The number of hydrogen-bond donors (Lipinski definition) is 2. The number of esters is 1. The van der Waals surface area contributed by atoms with E-state index in [0.717, 1.165) is 6.92 Å². The molecule has 108 valence electrons. The predicted molar refractivity (Wildman–Crippen MR) is 63.6 cm³/mol. The lowest BCUT2D eigenvalue weighted by Crippen LogP contribution is -2.42. The molecule has 0 aromatic heterocycles. The minimum absolute atomic E-state index is 0.351. The molecule has 0 aliphatic carbocycles. The van der Waals surface area contributed by atoms with Crippen LogP contribution in [0.2, 0.25) is 5.02 Å². The van der Waals surface area contributed by atoms with E-state index < -0.39 is 41.6 Å². The second kappa shape index (κ2) is 6.80. The Morgan fingerprint density at radius 3 is 2.40 bits per heavy atom. The van der Waals surface area contributed by atoms with Crippen LogP contribution in [0.3, 0.4) is 0 Å². The first-order valence-corrected chi connectivity index (χ1v) is 5.56. The molecule has 2 amide bonds. The summed E-state index contributed by atoms with van der Waals surface area (Å²) in [5, 5.41) is -0.351. The van der Waals surface area contributed by atoms with Crippen molar-refractivity contribution in [3.8, 4) is 0 Å². The Balaban J connectivity index is 2.61. The monoisotopic (exact) mass is 306 g/mol. The van der Waals surface area contributed by atoms with Crippen LogP contribution in [0.15, 0.2) is 12.1 Å². The van der Waals surface area contributed by atoms with E-state index in [0.29, 0.717) is 12.1 Å². The maximum absolute atomic E-state index is 13.0. The average Bonchev–Trinajstić information content (AvgIpc) is 2.37. The van der Waals surface area contributed by atoms with Crippen molar-refractivity contribution in [2.45, 2.75) is 6.92 Å². The molecule has 0 aliphatic rings. The lowest BCUT2D eigenvalue weighted by molar-refractivity contribution is -0.129. The molecule has 9 heteroatoms. The molecule has 0 unspecified atom stereocenters. The van der Waals surface area contributed by atoms with Crippen LogP contribution in [0, 0.1) is 11.6 Å². The van der Waals surface area contributed by atoms with Crippen LogP contribution in [-0.2, 0) is 14.3 Å². The first-order valence-electron chi connectivity index (χ1n) is 5.18. The summed E-state index contributed by atoms with van der Waals surface area (Å²) in [5.41, 5.74) is 3.49. The Bertz CT molecular complexity index is 566. The number of hydrogen-bond acceptors (Lipinski definition) is 4. The second-order valence-corrected chi connectivity index (χ2v) is 3.96. The van der Waals surface area contributed by atoms with Crippen molar-refractivity contribution in [2.24, 2.45) is 0 Å². The van der Waals surface area contributed by atoms with Gasteiger partial charge in [-0.3, -0.25) is 20.4 Å². The highest BCUT2D eigenvalue weighted by molar-refractivity contribution is 6.33. The van der Waals surface area contributed by atoms with Gasteiger partial charge in [-0.25, -0.2) is 13.6 Å². The van der Waals surface area contributed by atoms with Gasteiger partial charge in [0.2, 0.25) is 5.91 Å². The third-order valence-corrected chi connectivity index (χ3v) is 2.25. The number of nitrogens with one attached hydrogen (secondary N) is 2. The van der Waals surface area contributed by atoms with E-state index in [-0.39, 0.29) is 5.02 Å². The number of rotatable bonds is 3. The molecular formula is C11H9ClF2N2O4. The molecule has 0 spiro atoms. The minimum Gasteiger partial charge on any atom is -0.452 e. The summed E-state index contributed by atoms with van der Waals surface area (Å²) in [5.74, 6) is -4.92. The molecular weight excluding hydrogens is 298 g/mol. The van der Waals surface area contributed by atoms with Crippen LogP contribution < -0.4 is 10.9 Å². The largest absolute Gasteiger partial charge is 0.452 e. The molecule has 0 radical (unpaired) electrons. The smallest absolute Gasteiger partial charge is 0.340 e. The van der Waals surface area contributed by atoms with Gasteiger partial charge in [0.15, 0.2) is 18.2 Å². The highest BCUT2D eigenvalue weighted by Crippen LogP contribution is 2.20. The van der Waals surface area contributed by atoms with Crippen LogP contribution >= 0.6 is 11.6 Å². The van der Waals surface area contributed by atoms with Gasteiger partial charge < -0.3 is 4.74 Å². The molecule has 0 bridgehead atoms. The van der Waals surface area contributed by atoms with Crippen LogP contribution in [0.1, 0.15) is 17.3 Å². The van der Waals surface area contributed by atoms with E-state index in [4.69, 9.17) is 11.6 Å². The maximum atomic E-state index is 13.0. The van der Waals surface area contributed by atoms with Crippen molar-refractivity contribution in [1.29, 1.82) is 0 Å². The number of carbonyl (C=O) groups is 3. The summed E-state index contributed by atoms with van der Waals surface area (Å²) in [6.45, 7) is 0.432. The quantitative estimate of drug-likeness (QED) is 0.494. The van der Waals surface area contributed by atoms with Gasteiger partial charge in [-0.2, -0.15) is 0 Å². The van der Waals surface area contributed by atoms with Gasteiger partial charge in [0, 0.05) is 6.92 Å². The molecule has 1 aromatic carbocycles. The number of ether oxygens (including phenoxy) is 1. The van der Waals surface area contributed by atoms with Crippen molar-refractivity contribution in [2.75, 3.05) is 6.61 Å². The molecule has 0 atom stereocenters. The number of benzene rings is 1. The van der Waals surface area contributed by atoms with E-state index in [1.54, 1.807) is 0 Å². The van der Waals surface area contributed by atoms with Gasteiger partial charge in [0.1, 0.15) is 0 Å². The third-order valence-electron chi connectivity index (χ3n) is 1.94. The maximum Gasteiger partial charge on any atom is 0.340 e. The third kappa shape index (κ3) is 4.47. The minimum atomic E-state index is -1.27. The Morgan fingerprint density at radius 2 is 1.80 bits per heavy atom. The van der Waals surface area contributed by atoms with Crippen LogP contribution in [0.25, 0.3) is 0 Å². The summed E-state index contributed by atoms with van der Waals surface area (Å²) in [4.78, 5) is 33.1. The Labute approximate surface area is 117 Å². The van der Waals surface area contributed by atoms with Gasteiger partial charge in [-0.15, -0.1) is 0 Å².